The average molecular weight is 403 g/mol. The molecule has 128 valence electrons. The molecule has 3 aromatic rings. The average Bonchev–Trinajstić information content (AvgIpc) is 2.61. The number of rotatable bonds is 4. The lowest BCUT2D eigenvalue weighted by molar-refractivity contribution is -0.452. The van der Waals surface area contributed by atoms with Gasteiger partial charge in [-0.15, -0.1) is 0 Å². The third-order valence-corrected chi connectivity index (χ3v) is 4.30. The van der Waals surface area contributed by atoms with Gasteiger partial charge in [0.25, 0.3) is 11.2 Å². The Morgan fingerprint density at radius 3 is 2.56 bits per heavy atom. The minimum Gasteiger partial charge on any atom is -0.805 e. The van der Waals surface area contributed by atoms with Crippen molar-refractivity contribution < 1.29 is 14.0 Å². The molecular formula is C18H15BrN2O4. The number of hydrogen-bond donors (Lipinski definition) is 0. The fraction of sp³-hybridized carbons (Fsp3) is 0.167. The molecule has 0 fully saturated rings. The van der Waals surface area contributed by atoms with E-state index >= 15 is 0 Å². The highest BCUT2D eigenvalue weighted by Gasteiger charge is 2.25. The molecule has 0 spiro atoms. The Kier molecular flexibility index (Phi) is 4.85. The van der Waals surface area contributed by atoms with Crippen molar-refractivity contribution in [2.45, 2.75) is 13.3 Å². The van der Waals surface area contributed by atoms with Crippen LogP contribution in [-0.4, -0.2) is 17.3 Å². The fourth-order valence-corrected chi connectivity index (χ4v) is 2.95. The monoisotopic (exact) mass is 402 g/mol. The van der Waals surface area contributed by atoms with Crippen LogP contribution in [0.25, 0.3) is 22.3 Å². The van der Waals surface area contributed by atoms with Crippen LogP contribution in [0, 0.1) is 10.1 Å². The zero-order valence-electron chi connectivity index (χ0n) is 13.4. The predicted molar refractivity (Wildman–Crippen MR) is 97.5 cm³/mol. The third-order valence-electron chi connectivity index (χ3n) is 3.78. The Morgan fingerprint density at radius 2 is 1.88 bits per heavy atom. The summed E-state index contributed by atoms with van der Waals surface area (Å²) in [4.78, 5) is 24.9. The number of benzene rings is 2. The lowest BCUT2D eigenvalue weighted by Gasteiger charge is -2.18. The van der Waals surface area contributed by atoms with Gasteiger partial charge in [-0.25, -0.2) is 0 Å². The van der Waals surface area contributed by atoms with Crippen molar-refractivity contribution in [3.05, 3.63) is 68.8 Å². The maximum atomic E-state index is 12.9. The molecule has 0 saturated heterocycles. The molecule has 3 rings (SSSR count). The summed E-state index contributed by atoms with van der Waals surface area (Å²) in [6.07, 6.45) is -0.282. The number of nitrogens with zero attached hydrogens (tertiary/aromatic N) is 2. The molecule has 25 heavy (non-hydrogen) atoms. The highest BCUT2D eigenvalue weighted by molar-refractivity contribution is 9.10. The van der Waals surface area contributed by atoms with Gasteiger partial charge in [0.2, 0.25) is 0 Å². The number of fused-ring (bicyclic) bond motifs is 1. The van der Waals surface area contributed by atoms with Crippen LogP contribution in [0.3, 0.4) is 0 Å². The van der Waals surface area contributed by atoms with Crippen LogP contribution in [0.2, 0.25) is 0 Å². The number of hydrogen-bond acceptors (Lipinski definition) is 4. The van der Waals surface area contributed by atoms with Gasteiger partial charge in [-0.2, -0.15) is 0 Å². The third kappa shape index (κ3) is 3.28. The van der Waals surface area contributed by atoms with E-state index < -0.39 is 5.97 Å². The summed E-state index contributed by atoms with van der Waals surface area (Å²) >= 11 is 3.34. The lowest BCUT2D eigenvalue weighted by atomic mass is 10.1. The zero-order chi connectivity index (χ0) is 18.0. The Hall–Kier alpha value is -2.67. The molecule has 0 amide bonds. The van der Waals surface area contributed by atoms with E-state index in [0.29, 0.717) is 14.7 Å². The number of carbonyl (C=O) groups excluding carboxylic acids is 1. The molecule has 0 N–H and O–H groups in total. The first-order valence-electron chi connectivity index (χ1n) is 7.71. The number of para-hydroxylation sites is 2. The molecule has 6 nitrogen and oxygen atoms in total. The number of esters is 1. The van der Waals surface area contributed by atoms with E-state index in [4.69, 9.17) is 4.74 Å². The molecule has 0 aliphatic heterocycles. The van der Waals surface area contributed by atoms with Crippen LogP contribution in [0.15, 0.2) is 53.0 Å². The molecule has 0 aliphatic rings. The van der Waals surface area contributed by atoms with Crippen molar-refractivity contribution in [3.63, 3.8) is 0 Å². The molecule has 7 heteroatoms. The summed E-state index contributed by atoms with van der Waals surface area (Å²) in [5.41, 5.74) is 1.21. The minimum atomic E-state index is -0.555. The molecule has 1 heterocycles. The fourth-order valence-electron chi connectivity index (χ4n) is 2.68. The van der Waals surface area contributed by atoms with Crippen LogP contribution >= 0.6 is 15.9 Å². The Balaban J connectivity index is 2.31. The largest absolute Gasteiger partial charge is 0.805 e. The first-order valence-corrected chi connectivity index (χ1v) is 8.50. The maximum Gasteiger partial charge on any atom is 0.312 e. The number of ether oxygens (including phenoxy) is 1. The molecule has 2 aromatic carbocycles. The van der Waals surface area contributed by atoms with E-state index in [-0.39, 0.29) is 35.4 Å². The Labute approximate surface area is 152 Å². The van der Waals surface area contributed by atoms with E-state index in [0.717, 1.165) is 4.47 Å². The van der Waals surface area contributed by atoms with Crippen molar-refractivity contribution in [3.8, 4) is 11.3 Å². The molecule has 0 saturated carbocycles. The molecule has 0 atom stereocenters. The van der Waals surface area contributed by atoms with Gasteiger partial charge < -0.3 is 14.7 Å². The van der Waals surface area contributed by atoms with Crippen LogP contribution in [0.4, 0.5) is 0 Å². The Bertz CT molecular complexity index is 996. The van der Waals surface area contributed by atoms with Crippen molar-refractivity contribution in [2.75, 3.05) is 6.61 Å². The van der Waals surface area contributed by atoms with Gasteiger partial charge >= 0.3 is 5.97 Å². The van der Waals surface area contributed by atoms with Crippen LogP contribution < -0.4 is 4.43 Å². The summed E-state index contributed by atoms with van der Waals surface area (Å²) in [5.74, 6) is -0.555. The topological polar surface area (TPSA) is 77.3 Å². The molecular weight excluding hydrogens is 388 g/mol. The van der Waals surface area contributed by atoms with Crippen molar-refractivity contribution in [1.29, 1.82) is 0 Å². The molecule has 0 aliphatic carbocycles. The molecule has 0 unspecified atom stereocenters. The maximum absolute atomic E-state index is 12.9. The molecule has 0 bridgehead atoms. The quantitative estimate of drug-likeness (QED) is 0.494. The number of carbonyl (C=O) groups is 1. The summed E-state index contributed by atoms with van der Waals surface area (Å²) in [6.45, 7) is 1.89. The van der Waals surface area contributed by atoms with Gasteiger partial charge in [0.05, 0.1) is 23.0 Å². The smallest absolute Gasteiger partial charge is 0.312 e. The minimum absolute atomic E-state index is 0.0643. The van der Waals surface area contributed by atoms with Gasteiger partial charge in [-0.3, -0.25) is 4.79 Å². The second kappa shape index (κ2) is 7.06. The van der Waals surface area contributed by atoms with Gasteiger partial charge in [0, 0.05) is 15.4 Å². The molecule has 0 radical (unpaired) electrons. The summed E-state index contributed by atoms with van der Waals surface area (Å²) in [7, 11) is 0. The van der Waals surface area contributed by atoms with E-state index in [9.17, 15) is 14.9 Å². The highest BCUT2D eigenvalue weighted by atomic mass is 79.9. The first-order chi connectivity index (χ1) is 12.0. The first kappa shape index (κ1) is 17.2. The zero-order valence-corrected chi connectivity index (χ0v) is 15.0. The SMILES string of the molecule is CCOC(=O)Cc1c(-c2ccc(Br)cc2)[n+](=O)c2ccccc2n1[O-]. The highest BCUT2D eigenvalue weighted by Crippen LogP contribution is 2.25. The summed E-state index contributed by atoms with van der Waals surface area (Å²) < 4.78 is 7.13. The lowest BCUT2D eigenvalue weighted by Crippen LogP contribution is -2.26. The normalized spacial score (nSPS) is 10.8. The van der Waals surface area contributed by atoms with E-state index in [2.05, 4.69) is 15.9 Å². The predicted octanol–water partition coefficient (Wildman–Crippen LogP) is 3.44. The van der Waals surface area contributed by atoms with Gasteiger partial charge in [-0.05, 0) is 37.3 Å². The second-order valence-corrected chi connectivity index (χ2v) is 6.28. The van der Waals surface area contributed by atoms with E-state index in [1.165, 1.54) is 0 Å². The van der Waals surface area contributed by atoms with Gasteiger partial charge in [0.1, 0.15) is 11.2 Å². The second-order valence-electron chi connectivity index (χ2n) is 5.36. The number of aromatic nitrogens is 2. The molecule has 1 aromatic heterocycles. The van der Waals surface area contributed by atoms with E-state index in [1.54, 1.807) is 55.5 Å². The summed E-state index contributed by atoms with van der Waals surface area (Å²) in [5, 5.41) is 12.8. The van der Waals surface area contributed by atoms with Crippen LogP contribution in [-0.2, 0) is 16.0 Å². The van der Waals surface area contributed by atoms with Crippen molar-refractivity contribution in [1.82, 2.24) is 4.73 Å². The van der Waals surface area contributed by atoms with Gasteiger partial charge in [0.15, 0.2) is 0 Å². The van der Waals surface area contributed by atoms with E-state index in [1.807, 2.05) is 0 Å². The number of halogens is 1. The van der Waals surface area contributed by atoms with Crippen LogP contribution in [0.1, 0.15) is 12.6 Å². The van der Waals surface area contributed by atoms with Crippen molar-refractivity contribution >= 4 is 32.9 Å². The van der Waals surface area contributed by atoms with Crippen LogP contribution in [0.5, 0.6) is 0 Å². The summed E-state index contributed by atoms with van der Waals surface area (Å²) in [6, 6.07) is 13.5. The van der Waals surface area contributed by atoms with Crippen molar-refractivity contribution in [2.24, 2.45) is 0 Å². The Morgan fingerprint density at radius 1 is 1.20 bits per heavy atom. The standard InChI is InChI=1S/C18H15BrN2O4/c1-2-25-17(22)11-16-18(12-7-9-13(19)10-8-12)21(24)15-6-4-3-5-14(15)20(16)23/h3-10H,2,11H2,1H3. The van der Waals surface area contributed by atoms with Gasteiger partial charge in [-0.1, -0.05) is 28.1 Å².